The molecule has 0 bridgehead atoms. The minimum Gasteiger partial charge on any atom is -0.309 e. The summed E-state index contributed by atoms with van der Waals surface area (Å²) in [5.41, 5.74) is 1.25. The van der Waals surface area contributed by atoms with Crippen LogP contribution in [0.4, 0.5) is 0 Å². The largest absolute Gasteiger partial charge is 0.309 e. The van der Waals surface area contributed by atoms with Gasteiger partial charge in [0.1, 0.15) is 0 Å². The van der Waals surface area contributed by atoms with Crippen molar-refractivity contribution in [2.45, 2.75) is 24.3 Å². The molecule has 20 heavy (non-hydrogen) atoms. The third kappa shape index (κ3) is 4.93. The van der Waals surface area contributed by atoms with E-state index in [0.29, 0.717) is 6.04 Å². The monoisotopic (exact) mass is 350 g/mol. The Morgan fingerprint density at radius 1 is 1.30 bits per heavy atom. The third-order valence-electron chi connectivity index (χ3n) is 2.94. The van der Waals surface area contributed by atoms with Gasteiger partial charge in [0.05, 0.1) is 0 Å². The second kappa shape index (κ2) is 8.45. The van der Waals surface area contributed by atoms with Crippen LogP contribution in [0.5, 0.6) is 0 Å². The van der Waals surface area contributed by atoms with Crippen molar-refractivity contribution < 1.29 is 0 Å². The fourth-order valence-electron chi connectivity index (χ4n) is 1.91. The molecule has 0 saturated heterocycles. The van der Waals surface area contributed by atoms with E-state index in [9.17, 15) is 0 Å². The van der Waals surface area contributed by atoms with Gasteiger partial charge in [-0.1, -0.05) is 35.0 Å². The molecule has 0 amide bonds. The van der Waals surface area contributed by atoms with Crippen LogP contribution < -0.4 is 5.32 Å². The summed E-state index contributed by atoms with van der Waals surface area (Å²) in [4.78, 5) is 5.51. The zero-order chi connectivity index (χ0) is 14.2. The van der Waals surface area contributed by atoms with Crippen molar-refractivity contribution in [3.63, 3.8) is 0 Å². The predicted molar refractivity (Wildman–Crippen MR) is 90.1 cm³/mol. The highest BCUT2D eigenvalue weighted by molar-refractivity contribution is 9.10. The van der Waals surface area contributed by atoms with E-state index in [1.54, 1.807) is 0 Å². The molecule has 2 nitrogen and oxygen atoms in total. The molecular weight excluding hydrogens is 332 g/mol. The quantitative estimate of drug-likeness (QED) is 0.734. The van der Waals surface area contributed by atoms with Gasteiger partial charge in [-0.25, -0.2) is 0 Å². The van der Waals surface area contributed by atoms with E-state index in [1.807, 2.05) is 30.2 Å². The van der Waals surface area contributed by atoms with Crippen LogP contribution in [0.1, 0.15) is 24.9 Å². The van der Waals surface area contributed by atoms with Crippen LogP contribution in [-0.4, -0.2) is 17.3 Å². The highest BCUT2D eigenvalue weighted by Gasteiger charge is 2.11. The van der Waals surface area contributed by atoms with E-state index >= 15 is 0 Å². The Kier molecular flexibility index (Phi) is 6.57. The molecule has 1 aromatic heterocycles. The van der Waals surface area contributed by atoms with Gasteiger partial charge in [-0.3, -0.25) is 4.98 Å². The Hall–Kier alpha value is -0.840. The van der Waals surface area contributed by atoms with Crippen molar-refractivity contribution in [3.8, 4) is 0 Å². The molecule has 2 rings (SSSR count). The van der Waals surface area contributed by atoms with Crippen molar-refractivity contribution in [1.29, 1.82) is 0 Å². The van der Waals surface area contributed by atoms with Gasteiger partial charge >= 0.3 is 0 Å². The lowest BCUT2D eigenvalue weighted by atomic mass is 10.1. The predicted octanol–water partition coefficient (Wildman–Crippen LogP) is 4.68. The van der Waals surface area contributed by atoms with Crippen LogP contribution in [0.15, 0.2) is 58.2 Å². The van der Waals surface area contributed by atoms with Gasteiger partial charge in [0, 0.05) is 33.6 Å². The van der Waals surface area contributed by atoms with Crippen molar-refractivity contribution in [3.05, 3.63) is 58.8 Å². The van der Waals surface area contributed by atoms with Crippen molar-refractivity contribution >= 4 is 27.7 Å². The first-order valence-electron chi connectivity index (χ1n) is 6.81. The minimum atomic E-state index is 0.340. The minimum absolute atomic E-state index is 0.340. The molecule has 1 aromatic carbocycles. The Morgan fingerprint density at radius 2 is 2.20 bits per heavy atom. The first-order chi connectivity index (χ1) is 9.79. The molecule has 0 spiro atoms. The lowest BCUT2D eigenvalue weighted by Crippen LogP contribution is -2.24. The fourth-order valence-corrected chi connectivity index (χ4v) is 3.52. The Morgan fingerprint density at radius 3 is 2.90 bits per heavy atom. The Bertz CT molecular complexity index is 519. The molecule has 1 N–H and O–H groups in total. The number of nitrogens with zero attached hydrogens (tertiary/aromatic N) is 1. The van der Waals surface area contributed by atoms with E-state index in [-0.39, 0.29) is 0 Å². The zero-order valence-electron chi connectivity index (χ0n) is 11.6. The molecule has 1 atom stereocenters. The first kappa shape index (κ1) is 15.5. The van der Waals surface area contributed by atoms with Crippen LogP contribution in [-0.2, 0) is 0 Å². The van der Waals surface area contributed by atoms with E-state index in [2.05, 4.69) is 63.5 Å². The molecule has 2 aromatic rings. The maximum Gasteiger partial charge on any atom is 0.0430 e. The number of hydrogen-bond acceptors (Lipinski definition) is 3. The number of rotatable bonds is 7. The molecule has 0 saturated carbocycles. The van der Waals surface area contributed by atoms with E-state index in [0.717, 1.165) is 23.2 Å². The summed E-state index contributed by atoms with van der Waals surface area (Å²) in [6, 6.07) is 12.9. The van der Waals surface area contributed by atoms with Gasteiger partial charge in [-0.05, 0) is 42.8 Å². The first-order valence-corrected chi connectivity index (χ1v) is 8.59. The summed E-state index contributed by atoms with van der Waals surface area (Å²) in [5.74, 6) is 1.00. The average molecular weight is 351 g/mol. The molecule has 0 aliphatic heterocycles. The standard InChI is InChI=1S/C16H19BrN2S/c1-2-8-19-16(13-5-4-9-18-11-13)12-20-15-7-3-6-14(17)10-15/h3-7,9-11,16,19H,2,8,12H2,1H3. The summed E-state index contributed by atoms with van der Waals surface area (Å²) in [6.45, 7) is 3.22. The zero-order valence-corrected chi connectivity index (χ0v) is 14.0. The summed E-state index contributed by atoms with van der Waals surface area (Å²) in [7, 11) is 0. The number of pyridine rings is 1. The van der Waals surface area contributed by atoms with Gasteiger partial charge in [-0.15, -0.1) is 11.8 Å². The molecule has 1 heterocycles. The maximum atomic E-state index is 4.23. The Balaban J connectivity index is 2.01. The lowest BCUT2D eigenvalue weighted by Gasteiger charge is -2.18. The molecule has 0 radical (unpaired) electrons. The van der Waals surface area contributed by atoms with E-state index in [4.69, 9.17) is 0 Å². The average Bonchev–Trinajstić information content (AvgIpc) is 2.48. The highest BCUT2D eigenvalue weighted by atomic mass is 79.9. The van der Waals surface area contributed by atoms with E-state index < -0.39 is 0 Å². The van der Waals surface area contributed by atoms with Crippen LogP contribution >= 0.6 is 27.7 Å². The SMILES string of the molecule is CCCNC(CSc1cccc(Br)c1)c1cccnc1. The van der Waals surface area contributed by atoms with Crippen LogP contribution in [0.3, 0.4) is 0 Å². The lowest BCUT2D eigenvalue weighted by molar-refractivity contribution is 0.576. The maximum absolute atomic E-state index is 4.23. The molecule has 0 aliphatic carbocycles. The third-order valence-corrected chi connectivity index (χ3v) is 4.52. The molecule has 0 fully saturated rings. The number of hydrogen-bond donors (Lipinski definition) is 1. The Labute approximate surface area is 133 Å². The molecule has 1 unspecified atom stereocenters. The number of aromatic nitrogens is 1. The highest BCUT2D eigenvalue weighted by Crippen LogP contribution is 2.26. The molecular formula is C16H19BrN2S. The summed E-state index contributed by atoms with van der Waals surface area (Å²) < 4.78 is 1.13. The van der Waals surface area contributed by atoms with Gasteiger partial charge in [0.15, 0.2) is 0 Å². The summed E-state index contributed by atoms with van der Waals surface area (Å²) in [6.07, 6.45) is 4.91. The number of thioether (sulfide) groups is 1. The molecule has 106 valence electrons. The topological polar surface area (TPSA) is 24.9 Å². The smallest absolute Gasteiger partial charge is 0.0430 e. The van der Waals surface area contributed by atoms with Gasteiger partial charge in [0.25, 0.3) is 0 Å². The normalized spacial score (nSPS) is 12.3. The second-order valence-electron chi connectivity index (χ2n) is 4.56. The second-order valence-corrected chi connectivity index (χ2v) is 6.57. The summed E-state index contributed by atoms with van der Waals surface area (Å²) in [5, 5.41) is 3.60. The molecule has 4 heteroatoms. The number of halogens is 1. The van der Waals surface area contributed by atoms with Gasteiger partial charge in [0.2, 0.25) is 0 Å². The number of benzene rings is 1. The van der Waals surface area contributed by atoms with Gasteiger partial charge in [-0.2, -0.15) is 0 Å². The van der Waals surface area contributed by atoms with Crippen LogP contribution in [0.2, 0.25) is 0 Å². The van der Waals surface area contributed by atoms with Crippen LogP contribution in [0, 0.1) is 0 Å². The van der Waals surface area contributed by atoms with E-state index in [1.165, 1.54) is 10.5 Å². The summed E-state index contributed by atoms with van der Waals surface area (Å²) >= 11 is 5.38. The van der Waals surface area contributed by atoms with Crippen molar-refractivity contribution in [2.24, 2.45) is 0 Å². The van der Waals surface area contributed by atoms with Crippen molar-refractivity contribution in [2.75, 3.05) is 12.3 Å². The van der Waals surface area contributed by atoms with Gasteiger partial charge < -0.3 is 5.32 Å². The fraction of sp³-hybridized carbons (Fsp3) is 0.312. The number of nitrogens with one attached hydrogen (secondary N) is 1. The van der Waals surface area contributed by atoms with Crippen molar-refractivity contribution in [1.82, 2.24) is 10.3 Å². The van der Waals surface area contributed by atoms with Crippen LogP contribution in [0.25, 0.3) is 0 Å². The molecule has 0 aliphatic rings.